The minimum Gasteiger partial charge on any atom is -0.486 e. The van der Waals surface area contributed by atoms with Gasteiger partial charge in [-0.1, -0.05) is 18.5 Å². The zero-order valence-electron chi connectivity index (χ0n) is 11.5. The molecule has 0 saturated carbocycles. The van der Waals surface area contributed by atoms with Crippen molar-refractivity contribution < 1.29 is 4.74 Å². The fourth-order valence-corrected chi connectivity index (χ4v) is 2.08. The summed E-state index contributed by atoms with van der Waals surface area (Å²) in [6.45, 7) is 4.21. The van der Waals surface area contributed by atoms with Gasteiger partial charge >= 0.3 is 0 Å². The molecular formula is C14H17ClN4O. The highest BCUT2D eigenvalue weighted by Gasteiger charge is 2.05. The largest absolute Gasteiger partial charge is 0.486 e. The van der Waals surface area contributed by atoms with Crippen molar-refractivity contribution in [2.24, 2.45) is 5.84 Å². The first-order chi connectivity index (χ1) is 9.62. The highest BCUT2D eigenvalue weighted by atomic mass is 35.5. The van der Waals surface area contributed by atoms with Crippen LogP contribution in [0, 0.1) is 6.92 Å². The van der Waals surface area contributed by atoms with Crippen LogP contribution in [0.4, 0.5) is 5.82 Å². The van der Waals surface area contributed by atoms with Gasteiger partial charge in [0, 0.05) is 16.8 Å². The minimum absolute atomic E-state index is 0.279. The van der Waals surface area contributed by atoms with E-state index in [2.05, 4.69) is 15.4 Å². The van der Waals surface area contributed by atoms with Crippen molar-refractivity contribution in [1.29, 1.82) is 0 Å². The van der Waals surface area contributed by atoms with E-state index in [1.54, 1.807) is 6.07 Å². The number of aryl methyl sites for hydroxylation is 2. The average molecular weight is 293 g/mol. The van der Waals surface area contributed by atoms with Crippen LogP contribution in [0.15, 0.2) is 24.3 Å². The van der Waals surface area contributed by atoms with Gasteiger partial charge in [0.15, 0.2) is 5.82 Å². The molecule has 2 rings (SSSR count). The zero-order valence-corrected chi connectivity index (χ0v) is 12.2. The lowest BCUT2D eigenvalue weighted by Gasteiger charge is -2.09. The topological polar surface area (TPSA) is 73.1 Å². The Morgan fingerprint density at radius 3 is 2.80 bits per heavy atom. The lowest BCUT2D eigenvalue weighted by atomic mass is 10.1. The van der Waals surface area contributed by atoms with Gasteiger partial charge in [0.25, 0.3) is 0 Å². The summed E-state index contributed by atoms with van der Waals surface area (Å²) in [6.07, 6.45) is 0.859. The summed E-state index contributed by atoms with van der Waals surface area (Å²) in [5, 5.41) is 0.751. The normalized spacial score (nSPS) is 10.4. The summed E-state index contributed by atoms with van der Waals surface area (Å²) in [5.74, 6) is 7.25. The maximum Gasteiger partial charge on any atom is 0.168 e. The predicted octanol–water partition coefficient (Wildman–Crippen LogP) is 2.87. The van der Waals surface area contributed by atoms with E-state index in [1.165, 1.54) is 0 Å². The Bertz CT molecular complexity index is 604. The molecule has 0 bridgehead atoms. The molecule has 0 spiro atoms. The van der Waals surface area contributed by atoms with Gasteiger partial charge in [-0.25, -0.2) is 15.8 Å². The van der Waals surface area contributed by atoms with Crippen LogP contribution in [-0.4, -0.2) is 9.97 Å². The van der Waals surface area contributed by atoms with Crippen molar-refractivity contribution in [2.45, 2.75) is 26.9 Å². The molecule has 0 fully saturated rings. The predicted molar refractivity (Wildman–Crippen MR) is 79.7 cm³/mol. The molecule has 3 N–H and O–H groups in total. The summed E-state index contributed by atoms with van der Waals surface area (Å²) in [4.78, 5) is 8.53. The number of anilines is 1. The summed E-state index contributed by atoms with van der Waals surface area (Å²) in [5.41, 5.74) is 4.39. The molecule has 0 saturated heterocycles. The van der Waals surface area contributed by atoms with E-state index in [-0.39, 0.29) is 6.61 Å². The standard InChI is InChI=1S/C14H17ClN4O/c1-3-10-7-11(4-5-12(10)15)20-8-14-17-9(2)6-13(18-14)19-16/h4-7H,3,8,16H2,1-2H3,(H,17,18,19). The Hall–Kier alpha value is -1.85. The van der Waals surface area contributed by atoms with E-state index in [1.807, 2.05) is 32.0 Å². The fourth-order valence-electron chi connectivity index (χ4n) is 1.83. The molecule has 1 aromatic heterocycles. The number of nitrogens with two attached hydrogens (primary N) is 1. The van der Waals surface area contributed by atoms with E-state index < -0.39 is 0 Å². The van der Waals surface area contributed by atoms with Crippen molar-refractivity contribution in [3.8, 4) is 5.75 Å². The van der Waals surface area contributed by atoms with Gasteiger partial charge in [0.1, 0.15) is 18.2 Å². The van der Waals surface area contributed by atoms with Gasteiger partial charge in [-0.3, -0.25) is 0 Å². The second-order valence-corrected chi connectivity index (χ2v) is 4.76. The number of nitrogens with zero attached hydrogens (tertiary/aromatic N) is 2. The van der Waals surface area contributed by atoms with Crippen molar-refractivity contribution in [2.75, 3.05) is 5.43 Å². The molecule has 0 aliphatic rings. The molecule has 6 heteroatoms. The van der Waals surface area contributed by atoms with Gasteiger partial charge < -0.3 is 10.2 Å². The monoisotopic (exact) mass is 292 g/mol. The van der Waals surface area contributed by atoms with Crippen molar-refractivity contribution in [3.63, 3.8) is 0 Å². The molecule has 20 heavy (non-hydrogen) atoms. The van der Waals surface area contributed by atoms with E-state index in [0.29, 0.717) is 11.6 Å². The number of benzene rings is 1. The molecule has 0 unspecified atom stereocenters. The van der Waals surface area contributed by atoms with Crippen LogP contribution in [0.1, 0.15) is 24.0 Å². The van der Waals surface area contributed by atoms with Crippen molar-refractivity contribution in [1.82, 2.24) is 9.97 Å². The molecule has 1 aromatic carbocycles. The van der Waals surface area contributed by atoms with Crippen LogP contribution in [0.5, 0.6) is 5.75 Å². The maximum absolute atomic E-state index is 6.07. The van der Waals surface area contributed by atoms with Crippen molar-refractivity contribution >= 4 is 17.4 Å². The quantitative estimate of drug-likeness (QED) is 0.655. The number of hydrazine groups is 1. The minimum atomic E-state index is 0.279. The van der Waals surface area contributed by atoms with E-state index in [0.717, 1.165) is 28.5 Å². The third-order valence-corrected chi connectivity index (χ3v) is 3.18. The molecule has 0 amide bonds. The second kappa shape index (κ2) is 6.54. The summed E-state index contributed by atoms with van der Waals surface area (Å²) in [7, 11) is 0. The summed E-state index contributed by atoms with van der Waals surface area (Å²) >= 11 is 6.07. The van der Waals surface area contributed by atoms with Gasteiger partial charge in [-0.15, -0.1) is 0 Å². The van der Waals surface area contributed by atoms with Gasteiger partial charge in [-0.2, -0.15) is 0 Å². The van der Waals surface area contributed by atoms with Gasteiger partial charge in [0.2, 0.25) is 0 Å². The second-order valence-electron chi connectivity index (χ2n) is 4.35. The number of hydrogen-bond donors (Lipinski definition) is 2. The van der Waals surface area contributed by atoms with Crippen LogP contribution in [0.3, 0.4) is 0 Å². The Morgan fingerprint density at radius 2 is 2.10 bits per heavy atom. The molecule has 0 aliphatic carbocycles. The number of rotatable bonds is 5. The Morgan fingerprint density at radius 1 is 1.30 bits per heavy atom. The van der Waals surface area contributed by atoms with E-state index in [4.69, 9.17) is 22.2 Å². The lowest BCUT2D eigenvalue weighted by molar-refractivity contribution is 0.295. The molecule has 0 atom stereocenters. The third kappa shape index (κ3) is 3.59. The zero-order chi connectivity index (χ0) is 14.5. The third-order valence-electron chi connectivity index (χ3n) is 2.81. The Kier molecular flexibility index (Phi) is 4.76. The van der Waals surface area contributed by atoms with Crippen LogP contribution in [-0.2, 0) is 13.0 Å². The smallest absolute Gasteiger partial charge is 0.168 e. The van der Waals surface area contributed by atoms with Crippen LogP contribution < -0.4 is 16.0 Å². The number of hydrogen-bond acceptors (Lipinski definition) is 5. The Balaban J connectivity index is 2.10. The number of aromatic nitrogens is 2. The van der Waals surface area contributed by atoms with Crippen molar-refractivity contribution in [3.05, 3.63) is 46.4 Å². The van der Waals surface area contributed by atoms with Crippen LogP contribution in [0.2, 0.25) is 5.02 Å². The SMILES string of the molecule is CCc1cc(OCc2nc(C)cc(NN)n2)ccc1Cl. The molecule has 5 nitrogen and oxygen atoms in total. The maximum atomic E-state index is 6.07. The molecule has 0 aliphatic heterocycles. The highest BCUT2D eigenvalue weighted by molar-refractivity contribution is 6.31. The first-order valence-corrected chi connectivity index (χ1v) is 6.72. The van der Waals surface area contributed by atoms with Gasteiger partial charge in [0.05, 0.1) is 0 Å². The first kappa shape index (κ1) is 14.6. The molecule has 106 valence electrons. The Labute approximate surface area is 123 Å². The van der Waals surface area contributed by atoms with Crippen LogP contribution in [0.25, 0.3) is 0 Å². The molecule has 2 aromatic rings. The van der Waals surface area contributed by atoms with Crippen LogP contribution >= 0.6 is 11.6 Å². The summed E-state index contributed by atoms with van der Waals surface area (Å²) in [6, 6.07) is 7.36. The van der Waals surface area contributed by atoms with Gasteiger partial charge in [-0.05, 0) is 37.1 Å². The van der Waals surface area contributed by atoms with E-state index >= 15 is 0 Å². The lowest BCUT2D eigenvalue weighted by Crippen LogP contribution is -2.12. The first-order valence-electron chi connectivity index (χ1n) is 6.34. The molecular weight excluding hydrogens is 276 g/mol. The summed E-state index contributed by atoms with van der Waals surface area (Å²) < 4.78 is 5.69. The number of ether oxygens (including phenoxy) is 1. The highest BCUT2D eigenvalue weighted by Crippen LogP contribution is 2.23. The molecule has 1 heterocycles. The number of nitrogen functional groups attached to an aromatic ring is 1. The number of nitrogens with one attached hydrogen (secondary N) is 1. The van der Waals surface area contributed by atoms with E-state index in [9.17, 15) is 0 Å². The number of halogens is 1. The average Bonchev–Trinajstić information content (AvgIpc) is 2.45. The fraction of sp³-hybridized carbons (Fsp3) is 0.286. The molecule has 0 radical (unpaired) electrons.